The van der Waals surface area contributed by atoms with Gasteiger partial charge in [-0.05, 0) is 41.9 Å². The molecule has 0 aliphatic rings. The molecule has 0 spiro atoms. The fourth-order valence-electron chi connectivity index (χ4n) is 1.87. The molecule has 0 bridgehead atoms. The van der Waals surface area contributed by atoms with Crippen LogP contribution in [0, 0.1) is 6.92 Å². The van der Waals surface area contributed by atoms with Gasteiger partial charge >= 0.3 is 0 Å². The van der Waals surface area contributed by atoms with Crippen molar-refractivity contribution in [3.63, 3.8) is 0 Å². The van der Waals surface area contributed by atoms with Crippen molar-refractivity contribution in [2.75, 3.05) is 7.05 Å². The second kappa shape index (κ2) is 5.97. The maximum absolute atomic E-state index is 12.4. The molecule has 2 aromatic heterocycles. The van der Waals surface area contributed by atoms with Crippen molar-refractivity contribution in [2.45, 2.75) is 31.1 Å². The number of rotatable bonds is 5. The van der Waals surface area contributed by atoms with Gasteiger partial charge in [0.1, 0.15) is 4.21 Å². The van der Waals surface area contributed by atoms with Crippen molar-refractivity contribution < 1.29 is 8.42 Å². The maximum atomic E-state index is 12.4. The predicted molar refractivity (Wildman–Crippen MR) is 83.3 cm³/mol. The van der Waals surface area contributed by atoms with Gasteiger partial charge in [0.25, 0.3) is 10.0 Å². The number of nitrogens with zero attached hydrogens (tertiary/aromatic N) is 3. The predicted octanol–water partition coefficient (Wildman–Crippen LogP) is 2.86. The van der Waals surface area contributed by atoms with E-state index in [0.29, 0.717) is 10.8 Å². The normalized spacial score (nSPS) is 12.2. The molecule has 20 heavy (non-hydrogen) atoms. The van der Waals surface area contributed by atoms with Gasteiger partial charge in [0.05, 0.1) is 9.98 Å². The number of hydrogen-bond acceptors (Lipinski definition) is 4. The fourth-order valence-corrected chi connectivity index (χ4v) is 5.24. The van der Waals surface area contributed by atoms with Gasteiger partial charge in [0.2, 0.25) is 0 Å². The Balaban J connectivity index is 2.23. The van der Waals surface area contributed by atoms with E-state index < -0.39 is 10.0 Å². The highest BCUT2D eigenvalue weighted by Gasteiger charge is 2.23. The maximum Gasteiger partial charge on any atom is 0.252 e. The third-order valence-electron chi connectivity index (χ3n) is 3.11. The summed E-state index contributed by atoms with van der Waals surface area (Å²) in [6, 6.07) is 3.36. The highest BCUT2D eigenvalue weighted by Crippen LogP contribution is 2.28. The monoisotopic (exact) mass is 377 g/mol. The smallest absolute Gasteiger partial charge is 0.252 e. The van der Waals surface area contributed by atoms with E-state index >= 15 is 0 Å². The van der Waals surface area contributed by atoms with Gasteiger partial charge in [-0.1, -0.05) is 0 Å². The Bertz CT molecular complexity index is 706. The van der Waals surface area contributed by atoms with E-state index in [9.17, 15) is 8.42 Å². The molecule has 0 N–H and O–H groups in total. The molecule has 0 aliphatic heterocycles. The average Bonchev–Trinajstić information content (AvgIpc) is 2.97. The Morgan fingerprint density at radius 3 is 2.65 bits per heavy atom. The van der Waals surface area contributed by atoms with Crippen LogP contribution in [0.2, 0.25) is 0 Å². The first-order chi connectivity index (χ1) is 9.36. The summed E-state index contributed by atoms with van der Waals surface area (Å²) in [5.41, 5.74) is 1.93. The number of aromatic nitrogens is 2. The lowest BCUT2D eigenvalue weighted by molar-refractivity contribution is 0.467. The minimum absolute atomic E-state index is 0.323. The third-order valence-corrected chi connectivity index (χ3v) is 7.00. The highest BCUT2D eigenvalue weighted by atomic mass is 79.9. The van der Waals surface area contributed by atoms with Crippen LogP contribution in [0.25, 0.3) is 0 Å². The second-order valence-corrected chi connectivity index (χ2v) is 9.13. The minimum Gasteiger partial charge on any atom is -0.270 e. The van der Waals surface area contributed by atoms with Crippen molar-refractivity contribution in [2.24, 2.45) is 0 Å². The van der Waals surface area contributed by atoms with Crippen LogP contribution in [0.4, 0.5) is 0 Å². The summed E-state index contributed by atoms with van der Waals surface area (Å²) in [6.45, 7) is 5.06. The standard InChI is InChI=1S/C12H16BrN3O2S2/c1-4-16-9(2)10(7-14-16)8-15(3)20(17,18)12-6-5-11(13)19-12/h5-7H,4,8H2,1-3H3. The van der Waals surface area contributed by atoms with E-state index in [1.54, 1.807) is 25.4 Å². The zero-order valence-electron chi connectivity index (χ0n) is 11.5. The lowest BCUT2D eigenvalue weighted by Gasteiger charge is -2.15. The molecule has 0 saturated carbocycles. The van der Waals surface area contributed by atoms with Crippen molar-refractivity contribution >= 4 is 37.3 Å². The Kier molecular flexibility index (Phi) is 4.68. The highest BCUT2D eigenvalue weighted by molar-refractivity contribution is 9.11. The molecule has 2 heterocycles. The molecule has 0 atom stereocenters. The van der Waals surface area contributed by atoms with Gasteiger partial charge in [0, 0.05) is 31.4 Å². The van der Waals surface area contributed by atoms with Crippen LogP contribution in [0.5, 0.6) is 0 Å². The van der Waals surface area contributed by atoms with E-state index in [1.165, 1.54) is 15.6 Å². The molecular weight excluding hydrogens is 362 g/mol. The Morgan fingerprint density at radius 2 is 2.15 bits per heavy atom. The van der Waals surface area contributed by atoms with Gasteiger partial charge in [0.15, 0.2) is 0 Å². The van der Waals surface area contributed by atoms with Crippen LogP contribution in [0.15, 0.2) is 26.3 Å². The van der Waals surface area contributed by atoms with Crippen molar-refractivity contribution in [1.29, 1.82) is 0 Å². The summed E-state index contributed by atoms with van der Waals surface area (Å²) < 4.78 is 29.2. The zero-order valence-corrected chi connectivity index (χ0v) is 14.7. The van der Waals surface area contributed by atoms with Crippen LogP contribution < -0.4 is 0 Å². The third kappa shape index (κ3) is 2.98. The lowest BCUT2D eigenvalue weighted by atomic mass is 10.2. The molecule has 0 radical (unpaired) electrons. The summed E-state index contributed by atoms with van der Waals surface area (Å²) in [4.78, 5) is 0. The Morgan fingerprint density at radius 1 is 1.45 bits per heavy atom. The second-order valence-electron chi connectivity index (χ2n) is 4.39. The molecule has 0 saturated heterocycles. The van der Waals surface area contributed by atoms with E-state index in [-0.39, 0.29) is 0 Å². The van der Waals surface area contributed by atoms with Crippen LogP contribution in [0.1, 0.15) is 18.2 Å². The molecule has 8 heteroatoms. The molecular formula is C12H16BrN3O2S2. The first kappa shape index (κ1) is 15.7. The van der Waals surface area contributed by atoms with E-state index in [0.717, 1.165) is 21.6 Å². The SMILES string of the molecule is CCn1ncc(CN(C)S(=O)(=O)c2ccc(Br)s2)c1C. The number of halogens is 1. The van der Waals surface area contributed by atoms with E-state index in [1.807, 2.05) is 18.5 Å². The molecule has 2 rings (SSSR count). The summed E-state index contributed by atoms with van der Waals surface area (Å²) in [5, 5.41) is 4.24. The van der Waals surface area contributed by atoms with Gasteiger partial charge < -0.3 is 0 Å². The molecule has 0 fully saturated rings. The number of aryl methyl sites for hydroxylation is 1. The topological polar surface area (TPSA) is 55.2 Å². The summed E-state index contributed by atoms with van der Waals surface area (Å²) >= 11 is 4.50. The van der Waals surface area contributed by atoms with Crippen molar-refractivity contribution in [1.82, 2.24) is 14.1 Å². The molecule has 0 amide bonds. The molecule has 2 aromatic rings. The zero-order chi connectivity index (χ0) is 14.9. The Hall–Kier alpha value is -0.700. The van der Waals surface area contributed by atoms with Crippen LogP contribution in [0.3, 0.4) is 0 Å². The molecule has 110 valence electrons. The molecule has 0 unspecified atom stereocenters. The minimum atomic E-state index is -3.45. The van der Waals surface area contributed by atoms with Gasteiger partial charge in [-0.2, -0.15) is 9.40 Å². The lowest BCUT2D eigenvalue weighted by Crippen LogP contribution is -2.26. The summed E-state index contributed by atoms with van der Waals surface area (Å²) in [5.74, 6) is 0. The van der Waals surface area contributed by atoms with Crippen LogP contribution >= 0.6 is 27.3 Å². The van der Waals surface area contributed by atoms with Gasteiger partial charge in [-0.25, -0.2) is 8.42 Å². The fraction of sp³-hybridized carbons (Fsp3) is 0.417. The van der Waals surface area contributed by atoms with Gasteiger partial charge in [-0.3, -0.25) is 4.68 Å². The van der Waals surface area contributed by atoms with Crippen molar-refractivity contribution in [3.05, 3.63) is 33.4 Å². The Labute approximate surface area is 131 Å². The number of sulfonamides is 1. The largest absolute Gasteiger partial charge is 0.270 e. The van der Waals surface area contributed by atoms with Gasteiger partial charge in [-0.15, -0.1) is 11.3 Å². The van der Waals surface area contributed by atoms with Crippen LogP contribution in [-0.4, -0.2) is 29.6 Å². The molecule has 5 nitrogen and oxygen atoms in total. The van der Waals surface area contributed by atoms with E-state index in [4.69, 9.17) is 0 Å². The molecule has 0 aliphatic carbocycles. The summed E-state index contributed by atoms with van der Waals surface area (Å²) in [7, 11) is -1.86. The van der Waals surface area contributed by atoms with Crippen LogP contribution in [-0.2, 0) is 23.1 Å². The van der Waals surface area contributed by atoms with E-state index in [2.05, 4.69) is 21.0 Å². The first-order valence-corrected chi connectivity index (χ1v) is 9.14. The average molecular weight is 378 g/mol. The first-order valence-electron chi connectivity index (χ1n) is 6.09. The van der Waals surface area contributed by atoms with Crippen molar-refractivity contribution in [3.8, 4) is 0 Å². The number of hydrogen-bond donors (Lipinski definition) is 0. The quantitative estimate of drug-likeness (QED) is 0.804. The molecule has 0 aromatic carbocycles. The summed E-state index contributed by atoms with van der Waals surface area (Å²) in [6.07, 6.45) is 1.73. The number of thiophene rings is 1.